The van der Waals surface area contributed by atoms with Gasteiger partial charge in [0.25, 0.3) is 0 Å². The lowest BCUT2D eigenvalue weighted by Crippen LogP contribution is -2.58. The topological polar surface area (TPSA) is 58.6 Å². The second-order valence-corrected chi connectivity index (χ2v) is 6.30. The number of ether oxygens (including phenoxy) is 1. The lowest BCUT2D eigenvalue weighted by molar-refractivity contribution is -0.125. The van der Waals surface area contributed by atoms with E-state index in [1.54, 1.807) is 53.0 Å². The van der Waals surface area contributed by atoms with E-state index in [0.717, 1.165) is 0 Å². The van der Waals surface area contributed by atoms with Gasteiger partial charge in [0.05, 0.1) is 24.7 Å². The molecule has 0 unspecified atom stereocenters. The highest BCUT2D eigenvalue weighted by atomic mass is 35.5. The van der Waals surface area contributed by atoms with Crippen LogP contribution in [0.5, 0.6) is 5.75 Å². The molecule has 0 spiro atoms. The monoisotopic (exact) mass is 299 g/mol. The van der Waals surface area contributed by atoms with Gasteiger partial charge in [0.1, 0.15) is 5.75 Å². The molecule has 5 heteroatoms. The molecule has 0 bridgehead atoms. The lowest BCUT2D eigenvalue weighted by atomic mass is 9.86. The minimum Gasteiger partial charge on any atom is -0.496 e. The number of carbonyl (C=O) groups is 1. The van der Waals surface area contributed by atoms with Gasteiger partial charge in [-0.1, -0.05) is 11.6 Å². The molecule has 0 aliphatic rings. The zero-order valence-electron chi connectivity index (χ0n) is 12.6. The van der Waals surface area contributed by atoms with Crippen LogP contribution in [0.3, 0.4) is 0 Å². The Kier molecular flexibility index (Phi) is 5.05. The van der Waals surface area contributed by atoms with Gasteiger partial charge in [-0.2, -0.15) is 0 Å². The minimum atomic E-state index is -1.03. The third-order valence-electron chi connectivity index (χ3n) is 3.57. The highest BCUT2D eigenvalue weighted by molar-refractivity contribution is 6.30. The number of amides is 1. The van der Waals surface area contributed by atoms with E-state index < -0.39 is 11.1 Å². The van der Waals surface area contributed by atoms with Crippen LogP contribution in [0.15, 0.2) is 18.2 Å². The van der Waals surface area contributed by atoms with Crippen molar-refractivity contribution in [2.24, 2.45) is 0 Å². The number of nitrogens with one attached hydrogen (secondary N) is 1. The molecule has 0 aliphatic carbocycles. The van der Waals surface area contributed by atoms with Crippen molar-refractivity contribution in [3.8, 4) is 5.75 Å². The van der Waals surface area contributed by atoms with E-state index in [4.69, 9.17) is 16.3 Å². The molecule has 1 aromatic carbocycles. The predicted molar refractivity (Wildman–Crippen MR) is 80.2 cm³/mol. The highest BCUT2D eigenvalue weighted by Crippen LogP contribution is 2.24. The largest absolute Gasteiger partial charge is 0.496 e. The second-order valence-electron chi connectivity index (χ2n) is 5.87. The molecule has 0 saturated carbocycles. The van der Waals surface area contributed by atoms with E-state index in [1.165, 1.54) is 0 Å². The van der Waals surface area contributed by atoms with Gasteiger partial charge in [0.15, 0.2) is 0 Å². The lowest BCUT2D eigenvalue weighted by Gasteiger charge is -2.38. The summed E-state index contributed by atoms with van der Waals surface area (Å²) in [6.07, 6.45) is 0.142. The average molecular weight is 300 g/mol. The number of carbonyl (C=O) groups excluding carboxylic acids is 1. The van der Waals surface area contributed by atoms with Gasteiger partial charge in [-0.15, -0.1) is 0 Å². The first kappa shape index (κ1) is 16.8. The molecule has 0 aliphatic heterocycles. The first-order valence-electron chi connectivity index (χ1n) is 6.42. The molecule has 0 fully saturated rings. The van der Waals surface area contributed by atoms with Crippen LogP contribution in [0.1, 0.15) is 33.3 Å². The first-order chi connectivity index (χ1) is 9.06. The standard InChI is InChI=1S/C15H22ClNO3/c1-14(2,15(3,4)19)17-13(18)9-10-8-11(16)6-7-12(10)20-5/h6-8,19H,9H2,1-5H3,(H,17,18). The summed E-state index contributed by atoms with van der Waals surface area (Å²) in [7, 11) is 1.55. The van der Waals surface area contributed by atoms with Crippen LogP contribution in [0.2, 0.25) is 5.02 Å². The number of halogens is 1. The van der Waals surface area contributed by atoms with Gasteiger partial charge in [0, 0.05) is 10.6 Å². The Labute approximate surface area is 125 Å². The Bertz CT molecular complexity index is 492. The Morgan fingerprint density at radius 3 is 2.45 bits per heavy atom. The summed E-state index contributed by atoms with van der Waals surface area (Å²) in [6.45, 7) is 6.88. The smallest absolute Gasteiger partial charge is 0.225 e. The normalized spacial score (nSPS) is 12.2. The average Bonchev–Trinajstić information content (AvgIpc) is 2.26. The Hall–Kier alpha value is -1.26. The van der Waals surface area contributed by atoms with Gasteiger partial charge in [0.2, 0.25) is 5.91 Å². The van der Waals surface area contributed by atoms with Crippen molar-refractivity contribution in [1.29, 1.82) is 0 Å². The molecule has 112 valence electrons. The van der Waals surface area contributed by atoms with Crippen molar-refractivity contribution in [3.63, 3.8) is 0 Å². The summed E-state index contributed by atoms with van der Waals surface area (Å²) < 4.78 is 5.21. The maximum atomic E-state index is 12.1. The fourth-order valence-electron chi connectivity index (χ4n) is 1.60. The first-order valence-corrected chi connectivity index (χ1v) is 6.80. The number of methoxy groups -OCH3 is 1. The number of aliphatic hydroxyl groups is 1. The summed E-state index contributed by atoms with van der Waals surface area (Å²) >= 11 is 5.94. The van der Waals surface area contributed by atoms with E-state index in [0.29, 0.717) is 16.3 Å². The van der Waals surface area contributed by atoms with Crippen LogP contribution in [-0.4, -0.2) is 29.3 Å². The van der Waals surface area contributed by atoms with Crippen LogP contribution in [0.25, 0.3) is 0 Å². The number of rotatable bonds is 5. The number of benzene rings is 1. The Morgan fingerprint density at radius 1 is 1.35 bits per heavy atom. The number of hydrogen-bond donors (Lipinski definition) is 2. The Balaban J connectivity index is 2.84. The zero-order valence-corrected chi connectivity index (χ0v) is 13.3. The van der Waals surface area contributed by atoms with Gasteiger partial charge >= 0.3 is 0 Å². The van der Waals surface area contributed by atoms with E-state index in [-0.39, 0.29) is 12.3 Å². The maximum absolute atomic E-state index is 12.1. The maximum Gasteiger partial charge on any atom is 0.225 e. The summed E-state index contributed by atoms with van der Waals surface area (Å²) in [4.78, 5) is 12.1. The van der Waals surface area contributed by atoms with Crippen molar-refractivity contribution in [2.45, 2.75) is 45.3 Å². The van der Waals surface area contributed by atoms with E-state index in [9.17, 15) is 9.90 Å². The molecular formula is C15H22ClNO3. The molecule has 1 rings (SSSR count). The Morgan fingerprint density at radius 2 is 1.95 bits per heavy atom. The summed E-state index contributed by atoms with van der Waals surface area (Å²) in [5.74, 6) is 0.420. The van der Waals surface area contributed by atoms with Crippen molar-refractivity contribution < 1.29 is 14.6 Å². The molecule has 20 heavy (non-hydrogen) atoms. The highest BCUT2D eigenvalue weighted by Gasteiger charge is 2.36. The van der Waals surface area contributed by atoms with Gasteiger partial charge in [-0.05, 0) is 45.9 Å². The second kappa shape index (κ2) is 6.02. The van der Waals surface area contributed by atoms with Crippen molar-refractivity contribution in [1.82, 2.24) is 5.32 Å². The fourth-order valence-corrected chi connectivity index (χ4v) is 1.80. The quantitative estimate of drug-likeness (QED) is 0.878. The zero-order chi connectivity index (χ0) is 15.6. The summed E-state index contributed by atoms with van der Waals surface area (Å²) in [6, 6.07) is 5.14. The van der Waals surface area contributed by atoms with Gasteiger partial charge in [-0.3, -0.25) is 4.79 Å². The molecule has 0 radical (unpaired) electrons. The number of hydrogen-bond acceptors (Lipinski definition) is 3. The van der Waals surface area contributed by atoms with E-state index in [2.05, 4.69) is 5.32 Å². The predicted octanol–water partition coefficient (Wildman–Crippen LogP) is 2.56. The van der Waals surface area contributed by atoms with E-state index in [1.807, 2.05) is 0 Å². The molecule has 1 aromatic rings. The molecule has 2 N–H and O–H groups in total. The molecular weight excluding hydrogens is 278 g/mol. The van der Waals surface area contributed by atoms with E-state index >= 15 is 0 Å². The molecule has 1 amide bonds. The third-order valence-corrected chi connectivity index (χ3v) is 3.81. The SMILES string of the molecule is COc1ccc(Cl)cc1CC(=O)NC(C)(C)C(C)(C)O. The molecule has 0 aromatic heterocycles. The molecule has 0 saturated heterocycles. The molecule has 4 nitrogen and oxygen atoms in total. The van der Waals surface area contributed by atoms with Crippen molar-refractivity contribution in [2.75, 3.05) is 7.11 Å². The van der Waals surface area contributed by atoms with Crippen LogP contribution in [-0.2, 0) is 11.2 Å². The molecule has 0 atom stereocenters. The van der Waals surface area contributed by atoms with Crippen molar-refractivity contribution in [3.05, 3.63) is 28.8 Å². The van der Waals surface area contributed by atoms with Crippen LogP contribution >= 0.6 is 11.6 Å². The summed E-state index contributed by atoms with van der Waals surface area (Å²) in [5.41, 5.74) is -1.05. The third kappa shape index (κ3) is 4.12. The van der Waals surface area contributed by atoms with Gasteiger partial charge < -0.3 is 15.2 Å². The van der Waals surface area contributed by atoms with Crippen LogP contribution in [0.4, 0.5) is 0 Å². The summed E-state index contributed by atoms with van der Waals surface area (Å²) in [5, 5.41) is 13.4. The van der Waals surface area contributed by atoms with Crippen LogP contribution in [0, 0.1) is 0 Å². The van der Waals surface area contributed by atoms with Crippen LogP contribution < -0.4 is 10.1 Å². The minimum absolute atomic E-state index is 0.142. The fraction of sp³-hybridized carbons (Fsp3) is 0.533. The van der Waals surface area contributed by atoms with Gasteiger partial charge in [-0.25, -0.2) is 0 Å². The van der Waals surface area contributed by atoms with Crippen molar-refractivity contribution >= 4 is 17.5 Å². The molecule has 0 heterocycles.